The van der Waals surface area contributed by atoms with Crippen LogP contribution in [-0.2, 0) is 11.0 Å². The van der Waals surface area contributed by atoms with Gasteiger partial charge in [-0.1, -0.05) is 31.7 Å². The smallest absolute Gasteiger partial charge is 0.353 e. The quantitative estimate of drug-likeness (QED) is 0.455. The van der Waals surface area contributed by atoms with Crippen molar-refractivity contribution in [2.45, 2.75) is 74.9 Å². The first-order valence-corrected chi connectivity index (χ1v) is 10.7. The molecule has 158 valence electrons. The first-order valence-electron chi connectivity index (χ1n) is 9.49. The largest absolute Gasteiger partial charge is 0.416 e. The Balaban J connectivity index is 0.000000209. The minimum absolute atomic E-state index is 0.137. The summed E-state index contributed by atoms with van der Waals surface area (Å²) in [7, 11) is 0. The van der Waals surface area contributed by atoms with Crippen molar-refractivity contribution in [3.8, 4) is 0 Å². The van der Waals surface area contributed by atoms with Crippen molar-refractivity contribution in [3.63, 3.8) is 0 Å². The lowest BCUT2D eigenvalue weighted by Crippen LogP contribution is -2.53. The normalized spacial score (nSPS) is 19.4. The number of amides is 1. The monoisotopic (exact) mass is 423 g/mol. The number of halogens is 5. The minimum Gasteiger partial charge on any atom is -0.353 e. The molecule has 8 heteroatoms. The van der Waals surface area contributed by atoms with Crippen molar-refractivity contribution < 1.29 is 26.7 Å². The molecule has 0 spiro atoms. The van der Waals surface area contributed by atoms with Gasteiger partial charge in [0.15, 0.2) is 0 Å². The van der Waals surface area contributed by atoms with E-state index in [0.717, 1.165) is 44.2 Å². The van der Waals surface area contributed by atoms with Gasteiger partial charge in [-0.25, -0.2) is 8.78 Å². The van der Waals surface area contributed by atoms with Gasteiger partial charge in [-0.2, -0.15) is 13.2 Å². The van der Waals surface area contributed by atoms with E-state index in [9.17, 15) is 26.7 Å². The highest BCUT2D eigenvalue weighted by Gasteiger charge is 2.52. The van der Waals surface area contributed by atoms with Crippen molar-refractivity contribution in [3.05, 3.63) is 29.8 Å². The molecule has 1 aromatic rings. The predicted octanol–water partition coefficient (Wildman–Crippen LogP) is 6.30. The highest BCUT2D eigenvalue weighted by Crippen LogP contribution is 2.46. The molecule has 2 aliphatic carbocycles. The van der Waals surface area contributed by atoms with Gasteiger partial charge in [0.2, 0.25) is 5.91 Å². The van der Waals surface area contributed by atoms with Gasteiger partial charge in [0.1, 0.15) is 5.41 Å². The first-order chi connectivity index (χ1) is 13.2. The molecule has 0 radical (unpaired) electrons. The van der Waals surface area contributed by atoms with Crippen LogP contribution in [0.4, 0.5) is 22.0 Å². The summed E-state index contributed by atoms with van der Waals surface area (Å²) in [6.45, 7) is 0. The van der Waals surface area contributed by atoms with E-state index in [1.807, 2.05) is 0 Å². The van der Waals surface area contributed by atoms with Crippen molar-refractivity contribution in [2.24, 2.45) is 5.41 Å². The maximum atomic E-state index is 12.9. The van der Waals surface area contributed by atoms with Crippen LogP contribution in [0.5, 0.6) is 0 Å². The van der Waals surface area contributed by atoms with E-state index in [-0.39, 0.29) is 6.04 Å². The number of nitrogens with one attached hydrogen (secondary N) is 1. The molecule has 0 atom stereocenters. The van der Waals surface area contributed by atoms with E-state index < -0.39 is 29.5 Å². The van der Waals surface area contributed by atoms with Crippen molar-refractivity contribution in [1.29, 1.82) is 0 Å². The van der Waals surface area contributed by atoms with E-state index in [2.05, 4.69) is 5.32 Å². The number of carbonyl (C=O) groups excluding carboxylic acids is 1. The highest BCUT2D eigenvalue weighted by molar-refractivity contribution is 7.98. The summed E-state index contributed by atoms with van der Waals surface area (Å²) in [6.07, 6.45) is 1.77. The first kappa shape index (κ1) is 23.0. The maximum Gasteiger partial charge on any atom is 0.416 e. The average Bonchev–Trinajstić information content (AvgIpc) is 2.61. The number of hydrogen-bond donors (Lipinski definition) is 1. The van der Waals surface area contributed by atoms with E-state index in [0.29, 0.717) is 17.7 Å². The minimum atomic E-state index is -4.23. The second kappa shape index (κ2) is 9.94. The molecule has 0 aliphatic heterocycles. The molecular formula is C20H26F5NOS. The standard InChI is InChI=1S/C12H19F2NO.C8H7F3S/c13-10(14)12(7-4-8-12)11(16)15-9-5-2-1-3-6-9;1-12-7-4-2-3-6(5-7)8(9,10)11/h9-10H,1-8H2,(H,15,16);2-5H,1H3. The number of carbonyl (C=O) groups is 1. The van der Waals surface area contributed by atoms with Crippen LogP contribution in [-0.4, -0.2) is 24.6 Å². The molecule has 2 fully saturated rings. The number of benzene rings is 1. The third kappa shape index (κ3) is 5.84. The lowest BCUT2D eigenvalue weighted by Gasteiger charge is -2.40. The number of thioether (sulfide) groups is 1. The Kier molecular flexibility index (Phi) is 8.16. The van der Waals surface area contributed by atoms with Gasteiger partial charge in [-0.05, 0) is 50.1 Å². The molecule has 2 nitrogen and oxygen atoms in total. The summed E-state index contributed by atoms with van der Waals surface area (Å²) in [5.41, 5.74) is -1.94. The molecule has 0 heterocycles. The second-order valence-electron chi connectivity index (χ2n) is 7.35. The zero-order valence-corrected chi connectivity index (χ0v) is 16.6. The molecule has 1 aromatic carbocycles. The maximum absolute atomic E-state index is 12.9. The fourth-order valence-corrected chi connectivity index (χ4v) is 3.94. The molecule has 3 rings (SSSR count). The van der Waals surface area contributed by atoms with Crippen LogP contribution in [0.3, 0.4) is 0 Å². The van der Waals surface area contributed by atoms with E-state index in [1.54, 1.807) is 12.3 Å². The Morgan fingerprint density at radius 1 is 1.14 bits per heavy atom. The molecule has 0 aromatic heterocycles. The lowest BCUT2D eigenvalue weighted by molar-refractivity contribution is -0.151. The summed E-state index contributed by atoms with van der Waals surface area (Å²) < 4.78 is 62.0. The number of alkyl halides is 5. The van der Waals surface area contributed by atoms with E-state index in [4.69, 9.17) is 0 Å². The van der Waals surface area contributed by atoms with Crippen LogP contribution in [0.15, 0.2) is 29.2 Å². The van der Waals surface area contributed by atoms with Crippen LogP contribution in [0.1, 0.15) is 56.9 Å². The number of hydrogen-bond acceptors (Lipinski definition) is 2. The highest BCUT2D eigenvalue weighted by atomic mass is 32.2. The fourth-order valence-electron chi connectivity index (χ4n) is 3.48. The van der Waals surface area contributed by atoms with Crippen LogP contribution in [0.25, 0.3) is 0 Å². The molecule has 0 bridgehead atoms. The zero-order valence-electron chi connectivity index (χ0n) is 15.8. The molecule has 28 heavy (non-hydrogen) atoms. The SMILES string of the molecule is CSc1cccc(C(F)(F)F)c1.O=C(NC1CCCCC1)C1(C(F)F)CCC1. The molecule has 0 saturated heterocycles. The molecule has 2 saturated carbocycles. The van der Waals surface area contributed by atoms with E-state index >= 15 is 0 Å². The zero-order chi connectivity index (χ0) is 20.8. The van der Waals surface area contributed by atoms with Crippen LogP contribution in [0, 0.1) is 5.41 Å². The van der Waals surface area contributed by atoms with Crippen molar-refractivity contribution in [2.75, 3.05) is 6.26 Å². The molecular weight excluding hydrogens is 397 g/mol. The summed E-state index contributed by atoms with van der Waals surface area (Å²) in [5.74, 6) is -0.402. The topological polar surface area (TPSA) is 29.1 Å². The van der Waals surface area contributed by atoms with Gasteiger partial charge in [0.25, 0.3) is 6.43 Å². The fraction of sp³-hybridized carbons (Fsp3) is 0.650. The Hall–Kier alpha value is -1.31. The summed E-state index contributed by atoms with van der Waals surface area (Å²) in [5, 5.41) is 2.82. The third-order valence-corrected chi connectivity index (χ3v) is 6.18. The Morgan fingerprint density at radius 2 is 1.79 bits per heavy atom. The van der Waals surface area contributed by atoms with Crippen LogP contribution < -0.4 is 5.32 Å². The Bertz CT molecular complexity index is 640. The van der Waals surface area contributed by atoms with Gasteiger partial charge in [-0.15, -0.1) is 11.8 Å². The van der Waals surface area contributed by atoms with E-state index in [1.165, 1.54) is 24.2 Å². The summed E-state index contributed by atoms with van der Waals surface area (Å²) in [6, 6.07) is 5.41. The Morgan fingerprint density at radius 3 is 2.25 bits per heavy atom. The van der Waals surface area contributed by atoms with Crippen molar-refractivity contribution in [1.82, 2.24) is 5.32 Å². The van der Waals surface area contributed by atoms with Gasteiger partial charge in [0.05, 0.1) is 5.56 Å². The van der Waals surface area contributed by atoms with Crippen LogP contribution >= 0.6 is 11.8 Å². The number of rotatable bonds is 4. The summed E-state index contributed by atoms with van der Waals surface area (Å²) >= 11 is 1.30. The predicted molar refractivity (Wildman–Crippen MR) is 101 cm³/mol. The second-order valence-corrected chi connectivity index (χ2v) is 8.23. The Labute approximate surface area is 166 Å². The van der Waals surface area contributed by atoms with Gasteiger partial charge < -0.3 is 5.32 Å². The molecule has 0 unspecified atom stereocenters. The molecule has 1 amide bonds. The van der Waals surface area contributed by atoms with Gasteiger partial charge >= 0.3 is 6.18 Å². The van der Waals surface area contributed by atoms with Crippen LogP contribution in [0.2, 0.25) is 0 Å². The summed E-state index contributed by atoms with van der Waals surface area (Å²) in [4.78, 5) is 12.5. The van der Waals surface area contributed by atoms with Gasteiger partial charge in [-0.3, -0.25) is 4.79 Å². The molecule has 1 N–H and O–H groups in total. The van der Waals surface area contributed by atoms with Crippen molar-refractivity contribution >= 4 is 17.7 Å². The lowest BCUT2D eigenvalue weighted by atomic mass is 9.68. The third-order valence-electron chi connectivity index (χ3n) is 5.45. The molecule has 2 aliphatic rings. The average molecular weight is 423 g/mol. The van der Waals surface area contributed by atoms with Gasteiger partial charge in [0, 0.05) is 10.9 Å².